The van der Waals surface area contributed by atoms with Gasteiger partial charge < -0.3 is 16.0 Å². The molecule has 0 atom stereocenters. The average Bonchev–Trinajstić information content (AvgIpc) is 2.59. The molecule has 0 aliphatic carbocycles. The molecular formula is C20H25N3O2. The molecule has 0 radical (unpaired) electrons. The minimum Gasteiger partial charge on any atom is -0.376 e. The van der Waals surface area contributed by atoms with Gasteiger partial charge in [-0.1, -0.05) is 45.0 Å². The van der Waals surface area contributed by atoms with Gasteiger partial charge in [-0.15, -0.1) is 0 Å². The summed E-state index contributed by atoms with van der Waals surface area (Å²) >= 11 is 0. The van der Waals surface area contributed by atoms with E-state index in [0.29, 0.717) is 11.3 Å². The number of para-hydroxylation sites is 1. The zero-order valence-electron chi connectivity index (χ0n) is 15.1. The van der Waals surface area contributed by atoms with E-state index >= 15 is 0 Å². The van der Waals surface area contributed by atoms with Gasteiger partial charge in [-0.2, -0.15) is 0 Å². The molecular weight excluding hydrogens is 314 g/mol. The molecule has 25 heavy (non-hydrogen) atoms. The van der Waals surface area contributed by atoms with Crippen molar-refractivity contribution in [3.05, 3.63) is 59.7 Å². The first-order valence-corrected chi connectivity index (χ1v) is 8.26. The van der Waals surface area contributed by atoms with Crippen molar-refractivity contribution in [3.63, 3.8) is 0 Å². The summed E-state index contributed by atoms with van der Waals surface area (Å²) in [6, 6.07) is 14.9. The number of carbonyl (C=O) groups excluding carboxylic acids is 2. The van der Waals surface area contributed by atoms with Crippen molar-refractivity contribution in [2.45, 2.75) is 26.2 Å². The lowest BCUT2D eigenvalue weighted by atomic mass is 9.87. The molecule has 2 aromatic rings. The van der Waals surface area contributed by atoms with Crippen molar-refractivity contribution >= 4 is 23.2 Å². The van der Waals surface area contributed by atoms with Crippen molar-refractivity contribution in [2.24, 2.45) is 0 Å². The third-order valence-corrected chi connectivity index (χ3v) is 3.87. The SMILES string of the molecule is CNC(=O)c1ccccc1NCC(=O)Nc1ccc(C(C)(C)C)cc1. The quantitative estimate of drug-likeness (QED) is 0.782. The number of carbonyl (C=O) groups is 2. The Hall–Kier alpha value is -2.82. The Morgan fingerprint density at radius 2 is 1.60 bits per heavy atom. The Balaban J connectivity index is 1.97. The van der Waals surface area contributed by atoms with Gasteiger partial charge in [-0.3, -0.25) is 9.59 Å². The summed E-state index contributed by atoms with van der Waals surface area (Å²) < 4.78 is 0. The van der Waals surface area contributed by atoms with E-state index in [2.05, 4.69) is 36.7 Å². The molecule has 0 heterocycles. The molecule has 0 saturated carbocycles. The van der Waals surface area contributed by atoms with Crippen LogP contribution in [0, 0.1) is 0 Å². The smallest absolute Gasteiger partial charge is 0.253 e. The first-order valence-electron chi connectivity index (χ1n) is 8.26. The van der Waals surface area contributed by atoms with Crippen molar-refractivity contribution < 1.29 is 9.59 Å². The number of rotatable bonds is 5. The van der Waals surface area contributed by atoms with Crippen LogP contribution in [0.25, 0.3) is 0 Å². The molecule has 3 N–H and O–H groups in total. The fourth-order valence-electron chi connectivity index (χ4n) is 2.40. The van der Waals surface area contributed by atoms with E-state index in [9.17, 15) is 9.59 Å². The molecule has 0 aromatic heterocycles. The van der Waals surface area contributed by atoms with E-state index in [1.54, 1.807) is 25.2 Å². The fraction of sp³-hybridized carbons (Fsp3) is 0.300. The largest absolute Gasteiger partial charge is 0.376 e. The van der Waals surface area contributed by atoms with Crippen LogP contribution in [-0.4, -0.2) is 25.4 Å². The lowest BCUT2D eigenvalue weighted by Crippen LogP contribution is -2.24. The van der Waals surface area contributed by atoms with Gasteiger partial charge in [-0.25, -0.2) is 0 Å². The lowest BCUT2D eigenvalue weighted by Gasteiger charge is -2.19. The average molecular weight is 339 g/mol. The second kappa shape index (κ2) is 7.83. The Bertz CT molecular complexity index is 746. The second-order valence-electron chi connectivity index (χ2n) is 6.85. The predicted octanol–water partition coefficient (Wildman–Crippen LogP) is 3.39. The van der Waals surface area contributed by atoms with Crippen molar-refractivity contribution in [2.75, 3.05) is 24.2 Å². The van der Waals surface area contributed by atoms with Crippen LogP contribution >= 0.6 is 0 Å². The summed E-state index contributed by atoms with van der Waals surface area (Å²) in [5, 5.41) is 8.45. The van der Waals surface area contributed by atoms with Gasteiger partial charge in [0.1, 0.15) is 0 Å². The molecule has 0 saturated heterocycles. The molecule has 132 valence electrons. The maximum Gasteiger partial charge on any atom is 0.253 e. The highest BCUT2D eigenvalue weighted by Gasteiger charge is 2.13. The van der Waals surface area contributed by atoms with E-state index in [1.165, 1.54) is 5.56 Å². The number of hydrogen-bond donors (Lipinski definition) is 3. The second-order valence-corrected chi connectivity index (χ2v) is 6.85. The molecule has 0 spiro atoms. The summed E-state index contributed by atoms with van der Waals surface area (Å²) in [5.41, 5.74) is 3.17. The number of amides is 2. The van der Waals surface area contributed by atoms with Crippen LogP contribution in [-0.2, 0) is 10.2 Å². The zero-order valence-corrected chi connectivity index (χ0v) is 15.1. The third-order valence-electron chi connectivity index (χ3n) is 3.87. The number of anilines is 2. The van der Waals surface area contributed by atoms with Crippen LogP contribution in [0.15, 0.2) is 48.5 Å². The van der Waals surface area contributed by atoms with Gasteiger partial charge in [0.05, 0.1) is 12.1 Å². The first kappa shape index (κ1) is 18.5. The topological polar surface area (TPSA) is 70.2 Å². The lowest BCUT2D eigenvalue weighted by molar-refractivity contribution is -0.114. The fourth-order valence-corrected chi connectivity index (χ4v) is 2.40. The summed E-state index contributed by atoms with van der Waals surface area (Å²) in [6.07, 6.45) is 0. The predicted molar refractivity (Wildman–Crippen MR) is 102 cm³/mol. The molecule has 2 aromatic carbocycles. The highest BCUT2D eigenvalue weighted by Crippen LogP contribution is 2.23. The molecule has 2 rings (SSSR count). The van der Waals surface area contributed by atoms with Gasteiger partial charge in [0.15, 0.2) is 0 Å². The maximum atomic E-state index is 12.1. The minimum absolute atomic E-state index is 0.0770. The van der Waals surface area contributed by atoms with Gasteiger partial charge in [-0.05, 0) is 35.2 Å². The van der Waals surface area contributed by atoms with Crippen LogP contribution in [0.4, 0.5) is 11.4 Å². The Labute approximate surface area is 148 Å². The first-order chi connectivity index (χ1) is 11.8. The molecule has 0 aliphatic rings. The van der Waals surface area contributed by atoms with E-state index in [-0.39, 0.29) is 23.8 Å². The van der Waals surface area contributed by atoms with Gasteiger partial charge in [0, 0.05) is 18.4 Å². The highest BCUT2D eigenvalue weighted by atomic mass is 16.2. The van der Waals surface area contributed by atoms with Crippen LogP contribution < -0.4 is 16.0 Å². The molecule has 0 bridgehead atoms. The van der Waals surface area contributed by atoms with Crippen molar-refractivity contribution in [1.82, 2.24) is 5.32 Å². The van der Waals surface area contributed by atoms with Gasteiger partial charge in [0.25, 0.3) is 5.91 Å². The molecule has 5 heteroatoms. The van der Waals surface area contributed by atoms with Gasteiger partial charge >= 0.3 is 0 Å². The Morgan fingerprint density at radius 3 is 2.20 bits per heavy atom. The van der Waals surface area contributed by atoms with Crippen LogP contribution in [0.3, 0.4) is 0 Å². The minimum atomic E-state index is -0.193. The summed E-state index contributed by atoms with van der Waals surface area (Å²) in [6.45, 7) is 6.52. The number of hydrogen-bond acceptors (Lipinski definition) is 3. The van der Waals surface area contributed by atoms with E-state index < -0.39 is 0 Å². The summed E-state index contributed by atoms with van der Waals surface area (Å²) in [4.78, 5) is 24.0. The van der Waals surface area contributed by atoms with Gasteiger partial charge in [0.2, 0.25) is 5.91 Å². The normalized spacial score (nSPS) is 10.9. The molecule has 5 nitrogen and oxygen atoms in total. The molecule has 0 unspecified atom stereocenters. The molecule has 0 fully saturated rings. The number of benzene rings is 2. The van der Waals surface area contributed by atoms with Crippen molar-refractivity contribution in [3.8, 4) is 0 Å². The monoisotopic (exact) mass is 339 g/mol. The van der Waals surface area contributed by atoms with Crippen LogP contribution in [0.1, 0.15) is 36.7 Å². The molecule has 2 amide bonds. The zero-order chi connectivity index (χ0) is 18.4. The van der Waals surface area contributed by atoms with Crippen molar-refractivity contribution in [1.29, 1.82) is 0 Å². The Morgan fingerprint density at radius 1 is 0.960 bits per heavy atom. The van der Waals surface area contributed by atoms with E-state index in [1.807, 2.05) is 30.3 Å². The van der Waals surface area contributed by atoms with Crippen LogP contribution in [0.2, 0.25) is 0 Å². The Kier molecular flexibility index (Phi) is 5.80. The molecule has 0 aliphatic heterocycles. The number of nitrogens with one attached hydrogen (secondary N) is 3. The van der Waals surface area contributed by atoms with Crippen LogP contribution in [0.5, 0.6) is 0 Å². The van der Waals surface area contributed by atoms with E-state index in [0.717, 1.165) is 5.69 Å². The summed E-state index contributed by atoms with van der Waals surface area (Å²) in [5.74, 6) is -0.364. The highest BCUT2D eigenvalue weighted by molar-refractivity contribution is 6.00. The standard InChI is InChI=1S/C20H25N3O2/c1-20(2,3)14-9-11-15(12-10-14)23-18(24)13-22-17-8-6-5-7-16(17)19(25)21-4/h5-12,22H,13H2,1-4H3,(H,21,25)(H,23,24). The third kappa shape index (κ3) is 5.08. The summed E-state index contributed by atoms with van der Waals surface area (Å²) in [7, 11) is 1.58. The van der Waals surface area contributed by atoms with E-state index in [4.69, 9.17) is 0 Å². The maximum absolute atomic E-state index is 12.1.